The fourth-order valence-corrected chi connectivity index (χ4v) is 3.68. The van der Waals surface area contributed by atoms with Gasteiger partial charge in [-0.25, -0.2) is 9.67 Å². The van der Waals surface area contributed by atoms with Gasteiger partial charge in [0.05, 0.1) is 10.4 Å². The van der Waals surface area contributed by atoms with Crippen molar-refractivity contribution in [3.63, 3.8) is 0 Å². The maximum absolute atomic E-state index is 12.5. The van der Waals surface area contributed by atoms with E-state index in [2.05, 4.69) is 30.7 Å². The molecule has 0 amide bonds. The third kappa shape index (κ3) is 2.77. The first kappa shape index (κ1) is 14.4. The minimum absolute atomic E-state index is 0.0541. The minimum atomic E-state index is -2.89. The molecule has 4 nitrogen and oxygen atoms in total. The van der Waals surface area contributed by atoms with Crippen LogP contribution in [0.2, 0.25) is 0 Å². The highest BCUT2D eigenvalue weighted by atomic mass is 79.9. The van der Waals surface area contributed by atoms with Gasteiger partial charge in [-0.05, 0) is 32.0 Å². The lowest BCUT2D eigenvalue weighted by molar-refractivity contribution is -0.0489. The van der Waals surface area contributed by atoms with Gasteiger partial charge < -0.3 is 4.74 Å². The van der Waals surface area contributed by atoms with Crippen LogP contribution in [0.25, 0.3) is 15.3 Å². The van der Waals surface area contributed by atoms with Crippen molar-refractivity contribution in [2.45, 2.75) is 20.5 Å². The van der Waals surface area contributed by atoms with E-state index in [-0.39, 0.29) is 5.75 Å². The van der Waals surface area contributed by atoms with E-state index >= 15 is 0 Å². The number of alkyl halides is 2. The molecule has 0 N–H and O–H groups in total. The van der Waals surface area contributed by atoms with Gasteiger partial charge in [0.25, 0.3) is 0 Å². The maximum atomic E-state index is 12.5. The number of fused-ring (bicyclic) bond motifs is 1. The Morgan fingerprint density at radius 2 is 2.05 bits per heavy atom. The van der Waals surface area contributed by atoms with E-state index in [1.165, 1.54) is 17.4 Å². The highest BCUT2D eigenvalue weighted by Crippen LogP contribution is 2.35. The molecule has 0 aliphatic rings. The normalized spacial score (nSPS) is 11.5. The number of aromatic nitrogens is 3. The summed E-state index contributed by atoms with van der Waals surface area (Å²) in [5, 5.41) is 4.97. The van der Waals surface area contributed by atoms with E-state index in [4.69, 9.17) is 0 Å². The molecule has 0 saturated heterocycles. The standard InChI is InChI=1S/C13H10BrF2N3OS/c1-6-3-7(2)19(18-6)13-17-11-9(20-12(15)16)4-8(14)5-10(11)21-13/h3-5,12H,1-2H3. The van der Waals surface area contributed by atoms with E-state index in [0.29, 0.717) is 15.1 Å². The second-order valence-electron chi connectivity index (χ2n) is 4.46. The van der Waals surface area contributed by atoms with Crippen molar-refractivity contribution in [3.8, 4) is 10.9 Å². The molecule has 3 rings (SSSR count). The second-order valence-corrected chi connectivity index (χ2v) is 6.39. The minimum Gasteiger partial charge on any atom is -0.432 e. The lowest BCUT2D eigenvalue weighted by Crippen LogP contribution is -2.02. The van der Waals surface area contributed by atoms with Crippen LogP contribution in [0, 0.1) is 13.8 Å². The van der Waals surface area contributed by atoms with Crippen molar-refractivity contribution in [2.75, 3.05) is 0 Å². The SMILES string of the molecule is Cc1cc(C)n(-c2nc3c(OC(F)F)cc(Br)cc3s2)n1. The molecular formula is C13H10BrF2N3OS. The Kier molecular flexibility index (Phi) is 3.66. The number of halogens is 3. The molecule has 0 radical (unpaired) electrons. The van der Waals surface area contributed by atoms with Gasteiger partial charge in [-0.3, -0.25) is 0 Å². The van der Waals surface area contributed by atoms with Gasteiger partial charge in [-0.1, -0.05) is 27.3 Å². The predicted octanol–water partition coefficient (Wildman–Crippen LogP) is 4.46. The van der Waals surface area contributed by atoms with Gasteiger partial charge in [-0.15, -0.1) is 0 Å². The molecular weight excluding hydrogens is 364 g/mol. The molecule has 8 heteroatoms. The predicted molar refractivity (Wildman–Crippen MR) is 80.5 cm³/mol. The zero-order valence-corrected chi connectivity index (χ0v) is 13.5. The lowest BCUT2D eigenvalue weighted by atomic mass is 10.3. The van der Waals surface area contributed by atoms with E-state index < -0.39 is 6.61 Å². The molecule has 2 aromatic heterocycles. The summed E-state index contributed by atoms with van der Waals surface area (Å²) in [6.07, 6.45) is 0. The topological polar surface area (TPSA) is 39.9 Å². The van der Waals surface area contributed by atoms with Gasteiger partial charge in [0.15, 0.2) is 5.75 Å². The number of hydrogen-bond donors (Lipinski definition) is 0. The van der Waals surface area contributed by atoms with Crippen LogP contribution in [-0.4, -0.2) is 21.4 Å². The Bertz CT molecular complexity index is 815. The quantitative estimate of drug-likeness (QED) is 0.680. The van der Waals surface area contributed by atoms with E-state index in [9.17, 15) is 8.78 Å². The average Bonchev–Trinajstić information content (AvgIpc) is 2.91. The van der Waals surface area contributed by atoms with Crippen LogP contribution in [-0.2, 0) is 0 Å². The van der Waals surface area contributed by atoms with E-state index in [1.54, 1.807) is 4.68 Å². The zero-order valence-electron chi connectivity index (χ0n) is 11.1. The molecule has 1 aromatic carbocycles. The summed E-state index contributed by atoms with van der Waals surface area (Å²) in [7, 11) is 0. The Morgan fingerprint density at radius 1 is 1.29 bits per heavy atom. The van der Waals surface area contributed by atoms with Crippen LogP contribution in [0.5, 0.6) is 5.75 Å². The van der Waals surface area contributed by atoms with Crippen LogP contribution in [0.4, 0.5) is 8.78 Å². The molecule has 0 aliphatic carbocycles. The number of thiazole rings is 1. The van der Waals surface area contributed by atoms with Gasteiger partial charge >= 0.3 is 6.61 Å². The van der Waals surface area contributed by atoms with Crippen molar-refractivity contribution in [1.29, 1.82) is 0 Å². The van der Waals surface area contributed by atoms with Crippen LogP contribution < -0.4 is 4.74 Å². The molecule has 0 atom stereocenters. The molecule has 21 heavy (non-hydrogen) atoms. The summed E-state index contributed by atoms with van der Waals surface area (Å²) >= 11 is 4.66. The molecule has 0 fully saturated rings. The van der Waals surface area contributed by atoms with E-state index in [0.717, 1.165) is 16.1 Å². The number of ether oxygens (including phenoxy) is 1. The van der Waals surface area contributed by atoms with Gasteiger partial charge in [0.1, 0.15) is 5.52 Å². The van der Waals surface area contributed by atoms with Crippen molar-refractivity contribution in [2.24, 2.45) is 0 Å². The highest BCUT2D eigenvalue weighted by molar-refractivity contribution is 9.10. The summed E-state index contributed by atoms with van der Waals surface area (Å²) in [5.41, 5.74) is 2.21. The molecule has 110 valence electrons. The fourth-order valence-electron chi connectivity index (χ4n) is 2.05. The molecule has 0 spiro atoms. The van der Waals surface area contributed by atoms with Crippen molar-refractivity contribution >= 4 is 37.5 Å². The third-order valence-corrected chi connectivity index (χ3v) is 4.26. The van der Waals surface area contributed by atoms with Crippen molar-refractivity contribution in [3.05, 3.63) is 34.1 Å². The lowest BCUT2D eigenvalue weighted by Gasteiger charge is -2.05. The van der Waals surface area contributed by atoms with Crippen LogP contribution in [0.3, 0.4) is 0 Å². The fraction of sp³-hybridized carbons (Fsp3) is 0.231. The third-order valence-electron chi connectivity index (χ3n) is 2.82. The van der Waals surface area contributed by atoms with Gasteiger partial charge in [-0.2, -0.15) is 13.9 Å². The summed E-state index contributed by atoms with van der Waals surface area (Å²) in [6, 6.07) is 5.23. The molecule has 3 aromatic rings. The van der Waals surface area contributed by atoms with Crippen LogP contribution in [0.1, 0.15) is 11.4 Å². The highest BCUT2D eigenvalue weighted by Gasteiger charge is 2.16. The summed E-state index contributed by atoms with van der Waals surface area (Å²) < 4.78 is 32.6. The monoisotopic (exact) mass is 373 g/mol. The number of rotatable bonds is 3. The smallest absolute Gasteiger partial charge is 0.387 e. The maximum Gasteiger partial charge on any atom is 0.387 e. The Hall–Kier alpha value is -1.54. The number of nitrogens with zero attached hydrogens (tertiary/aromatic N) is 3. The van der Waals surface area contributed by atoms with E-state index in [1.807, 2.05) is 26.0 Å². The largest absolute Gasteiger partial charge is 0.432 e. The summed E-state index contributed by atoms with van der Waals surface area (Å²) in [6.45, 7) is 0.915. The summed E-state index contributed by atoms with van der Waals surface area (Å²) in [5.74, 6) is 0.0541. The van der Waals surface area contributed by atoms with Crippen molar-refractivity contribution < 1.29 is 13.5 Å². The Balaban J connectivity index is 2.17. The van der Waals surface area contributed by atoms with Crippen LogP contribution >= 0.6 is 27.3 Å². The molecule has 0 saturated carbocycles. The molecule has 2 heterocycles. The Labute approximate surface area is 131 Å². The molecule has 0 bridgehead atoms. The van der Waals surface area contributed by atoms with Crippen molar-refractivity contribution in [1.82, 2.24) is 14.8 Å². The average molecular weight is 374 g/mol. The van der Waals surface area contributed by atoms with Crippen LogP contribution in [0.15, 0.2) is 22.7 Å². The number of hydrogen-bond acceptors (Lipinski definition) is 4. The number of benzene rings is 1. The zero-order chi connectivity index (χ0) is 15.1. The second kappa shape index (κ2) is 5.34. The first-order valence-corrected chi connectivity index (χ1v) is 7.63. The first-order valence-electron chi connectivity index (χ1n) is 6.02. The first-order chi connectivity index (χ1) is 9.94. The Morgan fingerprint density at radius 3 is 2.67 bits per heavy atom. The van der Waals surface area contributed by atoms with Gasteiger partial charge in [0, 0.05) is 10.2 Å². The van der Waals surface area contributed by atoms with Gasteiger partial charge in [0.2, 0.25) is 5.13 Å². The molecule has 0 unspecified atom stereocenters. The number of aryl methyl sites for hydroxylation is 2. The molecule has 0 aliphatic heterocycles. The summed E-state index contributed by atoms with van der Waals surface area (Å²) in [4.78, 5) is 4.39.